The SMILES string of the molecule is CCC1(CC)CN(c2ccc(F)cc2Cl)CCN1. The quantitative estimate of drug-likeness (QED) is 0.905. The molecular formula is C14H20ClFN2. The average Bonchev–Trinajstić information content (AvgIpc) is 2.38. The van der Waals surface area contributed by atoms with Gasteiger partial charge in [-0.2, -0.15) is 0 Å². The Bertz CT molecular complexity index is 418. The summed E-state index contributed by atoms with van der Waals surface area (Å²) in [4.78, 5) is 2.26. The summed E-state index contributed by atoms with van der Waals surface area (Å²) in [5.41, 5.74) is 1.08. The largest absolute Gasteiger partial charge is 0.367 e. The zero-order chi connectivity index (χ0) is 13.2. The number of hydrogen-bond donors (Lipinski definition) is 1. The Labute approximate surface area is 113 Å². The Hall–Kier alpha value is -0.800. The first kappa shape index (κ1) is 13.6. The molecule has 0 saturated carbocycles. The minimum absolute atomic E-state index is 0.149. The molecule has 100 valence electrons. The van der Waals surface area contributed by atoms with E-state index in [-0.39, 0.29) is 11.4 Å². The molecule has 1 N–H and O–H groups in total. The molecule has 1 heterocycles. The topological polar surface area (TPSA) is 15.3 Å². The van der Waals surface area contributed by atoms with Gasteiger partial charge in [-0.3, -0.25) is 0 Å². The van der Waals surface area contributed by atoms with E-state index in [0.717, 1.165) is 38.2 Å². The van der Waals surface area contributed by atoms with Crippen LogP contribution in [0.25, 0.3) is 0 Å². The molecule has 0 bridgehead atoms. The first-order chi connectivity index (χ1) is 8.60. The van der Waals surface area contributed by atoms with Crippen LogP contribution in [0.1, 0.15) is 26.7 Å². The van der Waals surface area contributed by atoms with E-state index in [0.29, 0.717) is 5.02 Å². The van der Waals surface area contributed by atoms with E-state index in [4.69, 9.17) is 11.6 Å². The summed E-state index contributed by atoms with van der Waals surface area (Å²) in [6, 6.07) is 4.64. The molecule has 2 nitrogen and oxygen atoms in total. The number of halogens is 2. The number of piperazine rings is 1. The number of rotatable bonds is 3. The Morgan fingerprint density at radius 1 is 1.39 bits per heavy atom. The third-order valence-corrected chi connectivity index (χ3v) is 4.28. The van der Waals surface area contributed by atoms with E-state index < -0.39 is 0 Å². The highest BCUT2D eigenvalue weighted by atomic mass is 35.5. The van der Waals surface area contributed by atoms with E-state index >= 15 is 0 Å². The third-order valence-electron chi connectivity index (χ3n) is 3.98. The predicted octanol–water partition coefficient (Wildman–Crippen LogP) is 3.45. The van der Waals surface area contributed by atoms with E-state index in [1.54, 1.807) is 6.07 Å². The summed E-state index contributed by atoms with van der Waals surface area (Å²) < 4.78 is 13.1. The highest BCUT2D eigenvalue weighted by Crippen LogP contribution is 2.30. The molecule has 1 aliphatic heterocycles. The van der Waals surface area contributed by atoms with Gasteiger partial charge in [0.15, 0.2) is 0 Å². The van der Waals surface area contributed by atoms with Gasteiger partial charge in [0.2, 0.25) is 0 Å². The molecule has 18 heavy (non-hydrogen) atoms. The van der Waals surface area contributed by atoms with Gasteiger partial charge in [-0.1, -0.05) is 25.4 Å². The Balaban J connectivity index is 2.23. The minimum Gasteiger partial charge on any atom is -0.367 e. The first-order valence-electron chi connectivity index (χ1n) is 6.55. The van der Waals surface area contributed by atoms with Crippen LogP contribution in [0.15, 0.2) is 18.2 Å². The zero-order valence-corrected chi connectivity index (χ0v) is 11.7. The summed E-state index contributed by atoms with van der Waals surface area (Å²) >= 11 is 6.14. The maximum absolute atomic E-state index is 13.1. The molecule has 0 amide bonds. The minimum atomic E-state index is -0.281. The number of hydrogen-bond acceptors (Lipinski definition) is 2. The molecule has 0 spiro atoms. The summed E-state index contributed by atoms with van der Waals surface area (Å²) in [6.45, 7) is 7.17. The number of benzene rings is 1. The van der Waals surface area contributed by atoms with Crippen molar-refractivity contribution in [3.05, 3.63) is 29.0 Å². The fourth-order valence-corrected chi connectivity index (χ4v) is 2.91. The number of nitrogens with zero attached hydrogens (tertiary/aromatic N) is 1. The standard InChI is InChI=1S/C14H20ClFN2/c1-3-14(4-2)10-18(8-7-17-14)13-6-5-11(16)9-12(13)15/h5-6,9,17H,3-4,7-8,10H2,1-2H3. The molecule has 1 saturated heterocycles. The van der Waals surface area contributed by atoms with Crippen molar-refractivity contribution in [1.29, 1.82) is 0 Å². The molecule has 0 aromatic heterocycles. The molecular weight excluding hydrogens is 251 g/mol. The summed E-state index contributed by atoms with van der Waals surface area (Å²) in [5.74, 6) is -0.281. The second-order valence-electron chi connectivity index (χ2n) is 4.93. The van der Waals surface area contributed by atoms with Crippen LogP contribution in [-0.4, -0.2) is 25.2 Å². The van der Waals surface area contributed by atoms with E-state index in [9.17, 15) is 4.39 Å². The van der Waals surface area contributed by atoms with E-state index in [1.165, 1.54) is 12.1 Å². The Morgan fingerprint density at radius 3 is 2.72 bits per heavy atom. The second-order valence-corrected chi connectivity index (χ2v) is 5.34. The lowest BCUT2D eigenvalue weighted by Crippen LogP contribution is -2.60. The highest BCUT2D eigenvalue weighted by Gasteiger charge is 2.32. The predicted molar refractivity (Wildman–Crippen MR) is 74.9 cm³/mol. The second kappa shape index (κ2) is 5.45. The van der Waals surface area contributed by atoms with Crippen LogP contribution in [0, 0.1) is 5.82 Å². The molecule has 1 aliphatic rings. The smallest absolute Gasteiger partial charge is 0.124 e. The Kier molecular flexibility index (Phi) is 4.13. The van der Waals surface area contributed by atoms with E-state index in [1.807, 2.05) is 0 Å². The molecule has 1 aromatic carbocycles. The maximum atomic E-state index is 13.1. The fraction of sp³-hybridized carbons (Fsp3) is 0.571. The molecule has 2 rings (SSSR count). The lowest BCUT2D eigenvalue weighted by atomic mass is 9.90. The van der Waals surface area contributed by atoms with Crippen LogP contribution in [0.3, 0.4) is 0 Å². The normalized spacial score (nSPS) is 19.0. The van der Waals surface area contributed by atoms with Crippen molar-refractivity contribution < 1.29 is 4.39 Å². The van der Waals surface area contributed by atoms with Crippen molar-refractivity contribution >= 4 is 17.3 Å². The molecule has 1 fully saturated rings. The third kappa shape index (κ3) is 2.62. The van der Waals surface area contributed by atoms with Gasteiger partial charge in [0, 0.05) is 25.2 Å². The summed E-state index contributed by atoms with van der Waals surface area (Å²) in [7, 11) is 0. The molecule has 0 aliphatic carbocycles. The number of anilines is 1. The molecule has 0 radical (unpaired) electrons. The maximum Gasteiger partial charge on any atom is 0.124 e. The number of nitrogens with one attached hydrogen (secondary N) is 1. The lowest BCUT2D eigenvalue weighted by Gasteiger charge is -2.44. The molecule has 0 unspecified atom stereocenters. The van der Waals surface area contributed by atoms with Crippen LogP contribution in [-0.2, 0) is 0 Å². The van der Waals surface area contributed by atoms with Crippen LogP contribution in [0.5, 0.6) is 0 Å². The zero-order valence-electron chi connectivity index (χ0n) is 11.0. The van der Waals surface area contributed by atoms with Gasteiger partial charge < -0.3 is 10.2 Å². The van der Waals surface area contributed by atoms with Crippen molar-refractivity contribution in [2.24, 2.45) is 0 Å². The fourth-order valence-electron chi connectivity index (χ4n) is 2.62. The molecule has 1 aromatic rings. The van der Waals surface area contributed by atoms with Crippen LogP contribution < -0.4 is 10.2 Å². The van der Waals surface area contributed by atoms with Gasteiger partial charge >= 0.3 is 0 Å². The van der Waals surface area contributed by atoms with Gasteiger partial charge in [-0.25, -0.2) is 4.39 Å². The summed E-state index contributed by atoms with van der Waals surface area (Å²) in [6.07, 6.45) is 2.16. The van der Waals surface area contributed by atoms with Crippen molar-refractivity contribution in [2.75, 3.05) is 24.5 Å². The first-order valence-corrected chi connectivity index (χ1v) is 6.93. The Morgan fingerprint density at radius 2 is 2.11 bits per heavy atom. The lowest BCUT2D eigenvalue weighted by molar-refractivity contribution is 0.277. The van der Waals surface area contributed by atoms with Crippen molar-refractivity contribution in [1.82, 2.24) is 5.32 Å². The van der Waals surface area contributed by atoms with Gasteiger partial charge in [-0.05, 0) is 31.0 Å². The molecule has 4 heteroatoms. The average molecular weight is 271 g/mol. The van der Waals surface area contributed by atoms with Crippen LogP contribution >= 0.6 is 11.6 Å². The van der Waals surface area contributed by atoms with Gasteiger partial charge in [-0.15, -0.1) is 0 Å². The van der Waals surface area contributed by atoms with Crippen molar-refractivity contribution in [3.8, 4) is 0 Å². The highest BCUT2D eigenvalue weighted by molar-refractivity contribution is 6.33. The van der Waals surface area contributed by atoms with Crippen LogP contribution in [0.4, 0.5) is 10.1 Å². The van der Waals surface area contributed by atoms with Crippen molar-refractivity contribution in [3.63, 3.8) is 0 Å². The monoisotopic (exact) mass is 270 g/mol. The van der Waals surface area contributed by atoms with Gasteiger partial charge in [0.1, 0.15) is 5.82 Å². The molecule has 0 atom stereocenters. The van der Waals surface area contributed by atoms with Crippen LogP contribution in [0.2, 0.25) is 5.02 Å². The van der Waals surface area contributed by atoms with Gasteiger partial charge in [0.05, 0.1) is 10.7 Å². The van der Waals surface area contributed by atoms with Crippen molar-refractivity contribution in [2.45, 2.75) is 32.2 Å². The summed E-state index contributed by atoms with van der Waals surface area (Å²) in [5, 5.41) is 4.10. The van der Waals surface area contributed by atoms with E-state index in [2.05, 4.69) is 24.1 Å². The van der Waals surface area contributed by atoms with Gasteiger partial charge in [0.25, 0.3) is 0 Å².